The van der Waals surface area contributed by atoms with Crippen molar-refractivity contribution in [3.63, 3.8) is 0 Å². The first-order valence-corrected chi connectivity index (χ1v) is 5.17. The van der Waals surface area contributed by atoms with Crippen molar-refractivity contribution in [2.75, 3.05) is 0 Å². The van der Waals surface area contributed by atoms with Crippen LogP contribution in [0.1, 0.15) is 5.56 Å². The van der Waals surface area contributed by atoms with E-state index >= 15 is 0 Å². The Hall–Kier alpha value is -2.97. The van der Waals surface area contributed by atoms with Gasteiger partial charge in [0.15, 0.2) is 0 Å². The third kappa shape index (κ3) is 3.07. The van der Waals surface area contributed by atoms with Gasteiger partial charge in [0, 0.05) is 30.0 Å². The number of aliphatic imine (C=N–C) groups is 1. The summed E-state index contributed by atoms with van der Waals surface area (Å²) in [5.74, 6) is -2.99. The lowest BCUT2D eigenvalue weighted by atomic mass is 10.2. The SMILES string of the molecule is O=[N+]([O-])c1ccc(O)c(C=Nc2nc(F)cc(F)n2)c1. The van der Waals surface area contributed by atoms with E-state index in [2.05, 4.69) is 15.0 Å². The van der Waals surface area contributed by atoms with Gasteiger partial charge in [0.1, 0.15) is 5.75 Å². The van der Waals surface area contributed by atoms with Gasteiger partial charge in [0.05, 0.1) is 4.92 Å². The molecule has 9 heteroatoms. The number of benzene rings is 1. The van der Waals surface area contributed by atoms with E-state index in [4.69, 9.17) is 0 Å². The Labute approximate surface area is 110 Å². The molecule has 0 unspecified atom stereocenters. The number of halogens is 2. The van der Waals surface area contributed by atoms with E-state index in [9.17, 15) is 24.0 Å². The maximum atomic E-state index is 12.8. The fourth-order valence-corrected chi connectivity index (χ4v) is 1.32. The van der Waals surface area contributed by atoms with Gasteiger partial charge in [-0.2, -0.15) is 18.7 Å². The number of aromatic hydroxyl groups is 1. The van der Waals surface area contributed by atoms with Gasteiger partial charge in [-0.1, -0.05) is 0 Å². The van der Waals surface area contributed by atoms with Crippen LogP contribution in [0.2, 0.25) is 0 Å². The molecule has 0 amide bonds. The van der Waals surface area contributed by atoms with Crippen LogP contribution in [0.15, 0.2) is 29.3 Å². The van der Waals surface area contributed by atoms with Crippen molar-refractivity contribution < 1.29 is 18.8 Å². The topological polar surface area (TPSA) is 102 Å². The Morgan fingerprint density at radius 1 is 1.25 bits per heavy atom. The standard InChI is InChI=1S/C11H6F2N4O3/c12-9-4-10(13)16-11(15-9)14-5-6-3-7(17(19)20)1-2-8(6)18/h1-5,18H. The van der Waals surface area contributed by atoms with Gasteiger partial charge < -0.3 is 5.11 Å². The van der Waals surface area contributed by atoms with Crippen LogP contribution >= 0.6 is 0 Å². The minimum absolute atomic E-state index is 0.00697. The first kappa shape index (κ1) is 13.5. The zero-order chi connectivity index (χ0) is 14.7. The molecule has 0 saturated heterocycles. The highest BCUT2D eigenvalue weighted by atomic mass is 19.1. The van der Waals surface area contributed by atoms with Crippen molar-refractivity contribution in [3.8, 4) is 5.75 Å². The van der Waals surface area contributed by atoms with Gasteiger partial charge in [0.2, 0.25) is 11.9 Å². The molecule has 1 N–H and O–H groups in total. The largest absolute Gasteiger partial charge is 0.507 e. The molecule has 2 aromatic rings. The third-order valence-electron chi connectivity index (χ3n) is 2.19. The van der Waals surface area contributed by atoms with Gasteiger partial charge in [-0.05, 0) is 6.07 Å². The van der Waals surface area contributed by atoms with E-state index < -0.39 is 22.8 Å². The monoisotopic (exact) mass is 280 g/mol. The Morgan fingerprint density at radius 3 is 2.50 bits per heavy atom. The summed E-state index contributed by atoms with van der Waals surface area (Å²) in [5.41, 5.74) is -0.275. The molecule has 0 aliphatic heterocycles. The van der Waals surface area contributed by atoms with Crippen LogP contribution in [0, 0.1) is 22.0 Å². The fraction of sp³-hybridized carbons (Fsp3) is 0. The second-order valence-electron chi connectivity index (χ2n) is 3.57. The van der Waals surface area contributed by atoms with Crippen LogP contribution < -0.4 is 0 Å². The first-order valence-electron chi connectivity index (χ1n) is 5.17. The normalized spacial score (nSPS) is 10.9. The second kappa shape index (κ2) is 5.34. The maximum Gasteiger partial charge on any atom is 0.270 e. The summed E-state index contributed by atoms with van der Waals surface area (Å²) >= 11 is 0. The molecular weight excluding hydrogens is 274 g/mol. The van der Waals surface area contributed by atoms with Crippen molar-refractivity contribution in [2.24, 2.45) is 4.99 Å². The second-order valence-corrected chi connectivity index (χ2v) is 3.57. The molecule has 0 spiro atoms. The van der Waals surface area contributed by atoms with Gasteiger partial charge in [-0.15, -0.1) is 0 Å². The number of nitro groups is 1. The average Bonchev–Trinajstić information content (AvgIpc) is 2.36. The molecule has 0 aliphatic carbocycles. The lowest BCUT2D eigenvalue weighted by Gasteiger charge is -1.98. The number of nitrogens with zero attached hydrogens (tertiary/aromatic N) is 4. The molecule has 20 heavy (non-hydrogen) atoms. The summed E-state index contributed by atoms with van der Waals surface area (Å²) in [6.07, 6.45) is 0.969. The van der Waals surface area contributed by atoms with Crippen molar-refractivity contribution in [3.05, 3.63) is 51.8 Å². The smallest absolute Gasteiger partial charge is 0.270 e. The lowest BCUT2D eigenvalue weighted by Crippen LogP contribution is -1.93. The van der Waals surface area contributed by atoms with E-state index in [1.54, 1.807) is 0 Å². The number of phenolic OH excluding ortho intramolecular Hbond substituents is 1. The number of hydrogen-bond acceptors (Lipinski definition) is 6. The molecular formula is C11H6F2N4O3. The Kier molecular flexibility index (Phi) is 3.60. The van der Waals surface area contributed by atoms with Crippen molar-refractivity contribution in [1.82, 2.24) is 9.97 Å². The predicted molar refractivity (Wildman–Crippen MR) is 64.0 cm³/mol. The molecule has 7 nitrogen and oxygen atoms in total. The lowest BCUT2D eigenvalue weighted by molar-refractivity contribution is -0.384. The van der Waals surface area contributed by atoms with E-state index in [0.29, 0.717) is 6.07 Å². The van der Waals surface area contributed by atoms with Crippen molar-refractivity contribution >= 4 is 17.9 Å². The van der Waals surface area contributed by atoms with Crippen LogP contribution in [-0.2, 0) is 0 Å². The molecule has 0 aliphatic rings. The number of phenols is 1. The van der Waals surface area contributed by atoms with E-state index in [0.717, 1.165) is 24.4 Å². The minimum atomic E-state index is -1.10. The summed E-state index contributed by atoms with van der Waals surface area (Å²) in [5, 5.41) is 20.1. The van der Waals surface area contributed by atoms with Gasteiger partial charge >= 0.3 is 0 Å². The summed E-state index contributed by atoms with van der Waals surface area (Å²) in [7, 11) is 0. The van der Waals surface area contributed by atoms with E-state index in [1.807, 2.05) is 0 Å². The Balaban J connectivity index is 2.35. The number of non-ortho nitro benzene ring substituents is 1. The minimum Gasteiger partial charge on any atom is -0.507 e. The van der Waals surface area contributed by atoms with Crippen LogP contribution in [0.4, 0.5) is 20.4 Å². The summed E-state index contributed by atoms with van der Waals surface area (Å²) in [6.45, 7) is 0. The van der Waals surface area contributed by atoms with Crippen molar-refractivity contribution in [2.45, 2.75) is 0 Å². The van der Waals surface area contributed by atoms with E-state index in [1.165, 1.54) is 0 Å². The number of hydrogen-bond donors (Lipinski definition) is 1. The van der Waals surface area contributed by atoms with Crippen molar-refractivity contribution in [1.29, 1.82) is 0 Å². The van der Waals surface area contributed by atoms with Crippen LogP contribution in [0.5, 0.6) is 5.75 Å². The summed E-state index contributed by atoms with van der Waals surface area (Å²) < 4.78 is 25.6. The van der Waals surface area contributed by atoms with Gasteiger partial charge in [-0.3, -0.25) is 10.1 Å². The Bertz CT molecular complexity index is 686. The van der Waals surface area contributed by atoms with E-state index in [-0.39, 0.29) is 17.0 Å². The highest BCUT2D eigenvalue weighted by Gasteiger charge is 2.09. The molecule has 0 bridgehead atoms. The fourth-order valence-electron chi connectivity index (χ4n) is 1.32. The molecule has 0 atom stereocenters. The van der Waals surface area contributed by atoms with Gasteiger partial charge in [0.25, 0.3) is 11.6 Å². The molecule has 1 aromatic heterocycles. The Morgan fingerprint density at radius 2 is 1.90 bits per heavy atom. The molecule has 0 fully saturated rings. The van der Waals surface area contributed by atoms with Crippen LogP contribution in [0.3, 0.4) is 0 Å². The number of aromatic nitrogens is 2. The first-order chi connectivity index (χ1) is 9.45. The highest BCUT2D eigenvalue weighted by Crippen LogP contribution is 2.21. The molecule has 2 rings (SSSR count). The van der Waals surface area contributed by atoms with Gasteiger partial charge in [-0.25, -0.2) is 4.99 Å². The highest BCUT2D eigenvalue weighted by molar-refractivity contribution is 5.85. The molecule has 0 radical (unpaired) electrons. The zero-order valence-corrected chi connectivity index (χ0v) is 9.70. The number of nitro benzene ring substituents is 1. The quantitative estimate of drug-likeness (QED) is 0.401. The van der Waals surface area contributed by atoms with Crippen LogP contribution in [0.25, 0.3) is 0 Å². The molecule has 0 saturated carbocycles. The predicted octanol–water partition coefficient (Wildman–Crippen LogP) is 2.12. The average molecular weight is 280 g/mol. The molecule has 1 aromatic carbocycles. The maximum absolute atomic E-state index is 12.8. The molecule has 102 valence electrons. The molecule has 1 heterocycles. The summed E-state index contributed by atoms with van der Waals surface area (Å²) in [6, 6.07) is 3.73. The zero-order valence-electron chi connectivity index (χ0n) is 9.70. The number of rotatable bonds is 3. The van der Waals surface area contributed by atoms with Crippen LogP contribution in [-0.4, -0.2) is 26.2 Å². The summed E-state index contributed by atoms with van der Waals surface area (Å²) in [4.78, 5) is 19.9. The third-order valence-corrected chi connectivity index (χ3v) is 2.19.